The molecule has 0 bridgehead atoms. The van der Waals surface area contributed by atoms with Gasteiger partial charge in [0.2, 0.25) is 12.7 Å². The molecule has 0 aliphatic carbocycles. The second kappa shape index (κ2) is 7.55. The molecule has 1 N–H and O–H groups in total. The topological polar surface area (TPSA) is 68.6 Å². The van der Waals surface area contributed by atoms with E-state index in [-0.39, 0.29) is 25.1 Å². The summed E-state index contributed by atoms with van der Waals surface area (Å²) in [5, 5.41) is 7.18. The van der Waals surface area contributed by atoms with Crippen molar-refractivity contribution in [2.24, 2.45) is 7.05 Å². The van der Waals surface area contributed by atoms with Crippen LogP contribution < -0.4 is 14.8 Å². The van der Waals surface area contributed by atoms with Crippen molar-refractivity contribution in [3.8, 4) is 11.5 Å². The molecule has 0 radical (unpaired) electrons. The second-order valence-corrected chi connectivity index (χ2v) is 5.55. The number of hydrogen-bond acceptors (Lipinski definition) is 5. The molecule has 24 heavy (non-hydrogen) atoms. The third-order valence-corrected chi connectivity index (χ3v) is 3.83. The minimum atomic E-state index is -0.414. The Morgan fingerprint density at radius 3 is 2.83 bits per heavy atom. The SMILES string of the molecule is CNC(C(=O)N(C)Cc1ccc2c(c1)OCO2)c1cnn(C)c1.Cl. The quantitative estimate of drug-likeness (QED) is 0.883. The summed E-state index contributed by atoms with van der Waals surface area (Å²) in [6, 6.07) is 5.30. The Morgan fingerprint density at radius 1 is 1.42 bits per heavy atom. The average molecular weight is 353 g/mol. The van der Waals surface area contributed by atoms with Crippen LogP contribution in [0.1, 0.15) is 17.2 Å². The normalized spacial score (nSPS) is 13.3. The minimum absolute atomic E-state index is 0. The van der Waals surface area contributed by atoms with Crippen LogP contribution in [0.25, 0.3) is 0 Å². The van der Waals surface area contributed by atoms with E-state index in [0.717, 1.165) is 22.6 Å². The fourth-order valence-electron chi connectivity index (χ4n) is 2.63. The van der Waals surface area contributed by atoms with Crippen LogP contribution in [0.2, 0.25) is 0 Å². The van der Waals surface area contributed by atoms with Gasteiger partial charge in [0.1, 0.15) is 6.04 Å². The predicted molar refractivity (Wildman–Crippen MR) is 91.3 cm³/mol. The highest BCUT2D eigenvalue weighted by molar-refractivity contribution is 5.85. The Hall–Kier alpha value is -2.25. The number of fused-ring (bicyclic) bond motifs is 1. The number of ether oxygens (including phenoxy) is 2. The van der Waals surface area contributed by atoms with Gasteiger partial charge in [-0.25, -0.2) is 0 Å². The summed E-state index contributed by atoms with van der Waals surface area (Å²) < 4.78 is 12.4. The van der Waals surface area contributed by atoms with Crippen LogP contribution in [0.5, 0.6) is 11.5 Å². The summed E-state index contributed by atoms with van der Waals surface area (Å²) in [7, 11) is 5.38. The Morgan fingerprint density at radius 2 is 2.17 bits per heavy atom. The van der Waals surface area contributed by atoms with Gasteiger partial charge in [-0.15, -0.1) is 12.4 Å². The minimum Gasteiger partial charge on any atom is -0.454 e. The lowest BCUT2D eigenvalue weighted by molar-refractivity contribution is -0.132. The highest BCUT2D eigenvalue weighted by atomic mass is 35.5. The van der Waals surface area contributed by atoms with Crippen LogP contribution in [-0.4, -0.2) is 41.5 Å². The lowest BCUT2D eigenvalue weighted by Crippen LogP contribution is -2.37. The maximum Gasteiger partial charge on any atom is 0.244 e. The van der Waals surface area contributed by atoms with Crippen LogP contribution >= 0.6 is 12.4 Å². The molecule has 1 amide bonds. The van der Waals surface area contributed by atoms with Crippen molar-refractivity contribution in [2.45, 2.75) is 12.6 Å². The molecule has 0 saturated carbocycles. The molecule has 2 heterocycles. The number of halogens is 1. The molecule has 0 saturated heterocycles. The summed E-state index contributed by atoms with van der Waals surface area (Å²) in [4.78, 5) is 14.4. The number of carbonyl (C=O) groups excluding carboxylic acids is 1. The zero-order valence-electron chi connectivity index (χ0n) is 13.9. The summed E-state index contributed by atoms with van der Waals surface area (Å²) >= 11 is 0. The van der Waals surface area contributed by atoms with Crippen molar-refractivity contribution in [1.82, 2.24) is 20.0 Å². The number of hydrogen-bond donors (Lipinski definition) is 1. The molecule has 1 atom stereocenters. The van der Waals surface area contributed by atoms with Crippen LogP contribution in [0, 0.1) is 0 Å². The number of nitrogens with one attached hydrogen (secondary N) is 1. The molecule has 130 valence electrons. The third kappa shape index (κ3) is 3.63. The first-order valence-electron chi connectivity index (χ1n) is 7.38. The van der Waals surface area contributed by atoms with E-state index in [1.165, 1.54) is 0 Å². The molecule has 1 aromatic carbocycles. The lowest BCUT2D eigenvalue weighted by Gasteiger charge is -2.23. The first-order chi connectivity index (χ1) is 11.1. The maximum absolute atomic E-state index is 12.7. The molecule has 2 aromatic rings. The molecule has 3 rings (SSSR count). The van der Waals surface area contributed by atoms with Gasteiger partial charge in [-0.1, -0.05) is 6.07 Å². The number of aromatic nitrogens is 2. The third-order valence-electron chi connectivity index (χ3n) is 3.83. The Balaban J connectivity index is 0.00000208. The van der Waals surface area contributed by atoms with Crippen LogP contribution in [-0.2, 0) is 18.4 Å². The molecule has 1 aliphatic heterocycles. The van der Waals surface area contributed by atoms with Crippen molar-refractivity contribution >= 4 is 18.3 Å². The average Bonchev–Trinajstić information content (AvgIpc) is 3.16. The van der Waals surface area contributed by atoms with Gasteiger partial charge in [0.25, 0.3) is 0 Å². The van der Waals surface area contributed by atoms with Gasteiger partial charge in [0, 0.05) is 32.4 Å². The van der Waals surface area contributed by atoms with Gasteiger partial charge in [0.15, 0.2) is 11.5 Å². The van der Waals surface area contributed by atoms with Crippen LogP contribution in [0.4, 0.5) is 0 Å². The predicted octanol–water partition coefficient (Wildman–Crippen LogP) is 1.49. The number of likely N-dealkylation sites (N-methyl/N-ethyl adjacent to an activating group) is 2. The Bertz CT molecular complexity index is 719. The van der Waals surface area contributed by atoms with Crippen molar-refractivity contribution < 1.29 is 14.3 Å². The zero-order chi connectivity index (χ0) is 16.4. The van der Waals surface area contributed by atoms with E-state index >= 15 is 0 Å². The molecular formula is C16H21ClN4O3. The first kappa shape index (κ1) is 18.1. The van der Waals surface area contributed by atoms with Crippen molar-refractivity contribution in [3.63, 3.8) is 0 Å². The van der Waals surface area contributed by atoms with E-state index in [1.807, 2.05) is 31.4 Å². The monoisotopic (exact) mass is 352 g/mol. The van der Waals surface area contributed by atoms with Crippen molar-refractivity contribution in [1.29, 1.82) is 0 Å². The van der Waals surface area contributed by atoms with Crippen LogP contribution in [0.3, 0.4) is 0 Å². The Labute approximate surface area is 146 Å². The van der Waals surface area contributed by atoms with Gasteiger partial charge in [-0.05, 0) is 24.7 Å². The summed E-state index contributed by atoms with van der Waals surface area (Å²) in [5.74, 6) is 1.45. The standard InChI is InChI=1S/C16H20N4O3.ClH/c1-17-15(12-7-18-20(3)9-12)16(21)19(2)8-11-4-5-13-14(6-11)23-10-22-13;/h4-7,9,15,17H,8,10H2,1-3H3;1H. The van der Waals surface area contributed by atoms with E-state index < -0.39 is 6.04 Å². The fraction of sp³-hybridized carbons (Fsp3) is 0.375. The fourth-order valence-corrected chi connectivity index (χ4v) is 2.63. The maximum atomic E-state index is 12.7. The molecule has 0 spiro atoms. The number of amides is 1. The van der Waals surface area contributed by atoms with Gasteiger partial charge in [-0.3, -0.25) is 9.48 Å². The van der Waals surface area contributed by atoms with Crippen molar-refractivity contribution in [3.05, 3.63) is 41.7 Å². The smallest absolute Gasteiger partial charge is 0.244 e. The number of nitrogens with zero attached hydrogens (tertiary/aromatic N) is 3. The largest absolute Gasteiger partial charge is 0.454 e. The molecule has 7 nitrogen and oxygen atoms in total. The molecule has 0 fully saturated rings. The molecule has 1 unspecified atom stereocenters. The molecular weight excluding hydrogens is 332 g/mol. The van der Waals surface area contributed by atoms with E-state index in [4.69, 9.17) is 9.47 Å². The van der Waals surface area contributed by atoms with Gasteiger partial charge in [-0.2, -0.15) is 5.10 Å². The number of rotatable bonds is 5. The van der Waals surface area contributed by atoms with Crippen LogP contribution in [0.15, 0.2) is 30.6 Å². The summed E-state index contributed by atoms with van der Waals surface area (Å²) in [6.45, 7) is 0.740. The van der Waals surface area contributed by atoms with Gasteiger partial charge < -0.3 is 19.7 Å². The molecule has 1 aromatic heterocycles. The second-order valence-electron chi connectivity index (χ2n) is 5.55. The lowest BCUT2D eigenvalue weighted by atomic mass is 10.1. The van der Waals surface area contributed by atoms with E-state index in [9.17, 15) is 4.79 Å². The molecule has 1 aliphatic rings. The first-order valence-corrected chi connectivity index (χ1v) is 7.38. The van der Waals surface area contributed by atoms with E-state index in [2.05, 4.69) is 10.4 Å². The Kier molecular flexibility index (Phi) is 5.69. The number of benzene rings is 1. The van der Waals surface area contributed by atoms with Crippen molar-refractivity contribution in [2.75, 3.05) is 20.9 Å². The summed E-state index contributed by atoms with van der Waals surface area (Å²) in [6.07, 6.45) is 3.54. The summed E-state index contributed by atoms with van der Waals surface area (Å²) in [5.41, 5.74) is 1.84. The van der Waals surface area contributed by atoms with Gasteiger partial charge >= 0.3 is 0 Å². The van der Waals surface area contributed by atoms with E-state index in [0.29, 0.717) is 6.54 Å². The number of aryl methyl sites for hydroxylation is 1. The molecule has 8 heteroatoms. The zero-order valence-corrected chi connectivity index (χ0v) is 14.7. The number of carbonyl (C=O) groups is 1. The highest BCUT2D eigenvalue weighted by Crippen LogP contribution is 2.32. The highest BCUT2D eigenvalue weighted by Gasteiger charge is 2.24. The van der Waals surface area contributed by atoms with Gasteiger partial charge in [0.05, 0.1) is 6.20 Å². The van der Waals surface area contributed by atoms with E-state index in [1.54, 1.807) is 29.9 Å².